The first-order valence-corrected chi connectivity index (χ1v) is 9.59. The Hall–Kier alpha value is -4.25. The standard InChI is InChI=1S/C25H17N3O2/c29-28(30)20-13-6-12-19(16-20)25-26-23(18-9-2-1-3-10-18)24(27-25)22-15-7-11-17-8-4-5-14-21(17)22/h1-16H,(H,26,27). The molecule has 0 aliphatic heterocycles. The average molecular weight is 391 g/mol. The number of fused-ring (bicyclic) bond motifs is 1. The molecule has 0 saturated heterocycles. The van der Waals surface area contributed by atoms with Gasteiger partial charge in [0.2, 0.25) is 0 Å². The third kappa shape index (κ3) is 3.12. The van der Waals surface area contributed by atoms with E-state index < -0.39 is 4.92 Å². The molecule has 1 heterocycles. The van der Waals surface area contributed by atoms with E-state index in [2.05, 4.69) is 29.2 Å². The lowest BCUT2D eigenvalue weighted by atomic mass is 9.99. The van der Waals surface area contributed by atoms with E-state index in [4.69, 9.17) is 4.98 Å². The molecule has 5 aromatic rings. The molecule has 5 nitrogen and oxygen atoms in total. The van der Waals surface area contributed by atoms with Crippen LogP contribution in [0.25, 0.3) is 44.7 Å². The van der Waals surface area contributed by atoms with Crippen molar-refractivity contribution in [3.63, 3.8) is 0 Å². The molecule has 0 amide bonds. The lowest BCUT2D eigenvalue weighted by Crippen LogP contribution is -1.89. The van der Waals surface area contributed by atoms with Crippen LogP contribution in [-0.2, 0) is 0 Å². The van der Waals surface area contributed by atoms with Gasteiger partial charge in [-0.1, -0.05) is 84.9 Å². The smallest absolute Gasteiger partial charge is 0.270 e. The van der Waals surface area contributed by atoms with Crippen LogP contribution in [-0.4, -0.2) is 14.9 Å². The normalized spacial score (nSPS) is 10.9. The van der Waals surface area contributed by atoms with E-state index in [1.807, 2.05) is 54.6 Å². The van der Waals surface area contributed by atoms with Gasteiger partial charge in [-0.15, -0.1) is 0 Å². The third-order valence-electron chi connectivity index (χ3n) is 5.14. The van der Waals surface area contributed by atoms with E-state index in [9.17, 15) is 10.1 Å². The van der Waals surface area contributed by atoms with Crippen molar-refractivity contribution in [2.24, 2.45) is 0 Å². The Morgan fingerprint density at radius 3 is 2.30 bits per heavy atom. The summed E-state index contributed by atoms with van der Waals surface area (Å²) >= 11 is 0. The molecular weight excluding hydrogens is 374 g/mol. The molecule has 0 aliphatic carbocycles. The number of nitrogens with one attached hydrogen (secondary N) is 1. The number of nitro benzene ring substituents is 1. The second-order valence-electron chi connectivity index (χ2n) is 7.01. The summed E-state index contributed by atoms with van der Waals surface area (Å²) in [6, 6.07) is 30.9. The van der Waals surface area contributed by atoms with Crippen molar-refractivity contribution < 1.29 is 4.92 Å². The number of hydrogen-bond donors (Lipinski definition) is 1. The van der Waals surface area contributed by atoms with Crippen molar-refractivity contribution in [1.29, 1.82) is 0 Å². The van der Waals surface area contributed by atoms with E-state index in [-0.39, 0.29) is 5.69 Å². The molecule has 0 fully saturated rings. The van der Waals surface area contributed by atoms with Crippen LogP contribution in [0.1, 0.15) is 0 Å². The second-order valence-corrected chi connectivity index (χ2v) is 7.01. The first-order chi connectivity index (χ1) is 14.7. The van der Waals surface area contributed by atoms with E-state index in [0.29, 0.717) is 11.4 Å². The Morgan fingerprint density at radius 1 is 0.767 bits per heavy atom. The van der Waals surface area contributed by atoms with Gasteiger partial charge in [-0.25, -0.2) is 4.98 Å². The Balaban J connectivity index is 1.76. The minimum atomic E-state index is -0.393. The molecule has 0 unspecified atom stereocenters. The van der Waals surface area contributed by atoms with Crippen molar-refractivity contribution in [3.8, 4) is 33.9 Å². The van der Waals surface area contributed by atoms with Gasteiger partial charge in [0.15, 0.2) is 0 Å². The van der Waals surface area contributed by atoms with Crippen LogP contribution in [0.15, 0.2) is 97.1 Å². The number of aromatic amines is 1. The molecule has 5 rings (SSSR count). The molecule has 0 aliphatic rings. The molecule has 0 atom stereocenters. The summed E-state index contributed by atoms with van der Waals surface area (Å²) in [5, 5.41) is 13.5. The van der Waals surface area contributed by atoms with Crippen LogP contribution < -0.4 is 0 Å². The maximum Gasteiger partial charge on any atom is 0.270 e. The molecule has 4 aromatic carbocycles. The van der Waals surface area contributed by atoms with Gasteiger partial charge in [0.05, 0.1) is 16.3 Å². The number of benzene rings is 4. The summed E-state index contributed by atoms with van der Waals surface area (Å²) in [7, 11) is 0. The lowest BCUT2D eigenvalue weighted by Gasteiger charge is -2.07. The number of hydrogen-bond acceptors (Lipinski definition) is 3. The molecule has 144 valence electrons. The Kier molecular flexibility index (Phi) is 4.33. The highest BCUT2D eigenvalue weighted by molar-refractivity contribution is 5.99. The summed E-state index contributed by atoms with van der Waals surface area (Å²) < 4.78 is 0. The number of rotatable bonds is 4. The lowest BCUT2D eigenvalue weighted by molar-refractivity contribution is -0.384. The van der Waals surface area contributed by atoms with Gasteiger partial charge in [-0.2, -0.15) is 0 Å². The number of aromatic nitrogens is 2. The van der Waals surface area contributed by atoms with Crippen molar-refractivity contribution >= 4 is 16.5 Å². The summed E-state index contributed by atoms with van der Waals surface area (Å²) in [5.74, 6) is 0.598. The summed E-state index contributed by atoms with van der Waals surface area (Å²) in [4.78, 5) is 19.1. The van der Waals surface area contributed by atoms with Crippen molar-refractivity contribution in [2.45, 2.75) is 0 Å². The van der Waals surface area contributed by atoms with Gasteiger partial charge in [0.1, 0.15) is 5.82 Å². The molecule has 0 spiro atoms. The molecule has 1 aromatic heterocycles. The van der Waals surface area contributed by atoms with Crippen LogP contribution >= 0.6 is 0 Å². The number of imidazole rings is 1. The zero-order chi connectivity index (χ0) is 20.5. The van der Waals surface area contributed by atoms with Gasteiger partial charge >= 0.3 is 0 Å². The zero-order valence-electron chi connectivity index (χ0n) is 15.9. The minimum Gasteiger partial charge on any atom is -0.337 e. The first kappa shape index (κ1) is 17.8. The highest BCUT2D eigenvalue weighted by Crippen LogP contribution is 2.36. The number of non-ortho nitro benzene ring substituents is 1. The number of nitro groups is 1. The summed E-state index contributed by atoms with van der Waals surface area (Å²) in [6.07, 6.45) is 0. The molecular formula is C25H17N3O2. The topological polar surface area (TPSA) is 71.8 Å². The molecule has 0 bridgehead atoms. The van der Waals surface area contributed by atoms with Gasteiger partial charge in [-0.05, 0) is 10.8 Å². The third-order valence-corrected chi connectivity index (χ3v) is 5.14. The maximum atomic E-state index is 11.2. The average Bonchev–Trinajstić information content (AvgIpc) is 3.25. The first-order valence-electron chi connectivity index (χ1n) is 9.59. The molecule has 1 N–H and O–H groups in total. The fraction of sp³-hybridized carbons (Fsp3) is 0. The van der Waals surface area contributed by atoms with Crippen molar-refractivity contribution in [3.05, 3.63) is 107 Å². The SMILES string of the molecule is O=[N+]([O-])c1cccc(-c2nc(-c3ccccc3)c(-c3cccc4ccccc34)[nH]2)c1. The minimum absolute atomic E-state index is 0.0388. The van der Waals surface area contributed by atoms with Crippen LogP contribution in [0.3, 0.4) is 0 Å². The second kappa shape index (κ2) is 7.29. The largest absolute Gasteiger partial charge is 0.337 e. The van der Waals surface area contributed by atoms with Gasteiger partial charge in [-0.3, -0.25) is 10.1 Å². The Bertz CT molecular complexity index is 1370. The van der Waals surface area contributed by atoms with E-state index in [0.717, 1.165) is 33.3 Å². The van der Waals surface area contributed by atoms with Crippen LogP contribution in [0.4, 0.5) is 5.69 Å². The molecule has 30 heavy (non-hydrogen) atoms. The summed E-state index contributed by atoms with van der Waals surface area (Å²) in [5.41, 5.74) is 4.43. The van der Waals surface area contributed by atoms with E-state index in [1.54, 1.807) is 12.1 Å². The van der Waals surface area contributed by atoms with Crippen LogP contribution in [0.5, 0.6) is 0 Å². The summed E-state index contributed by atoms with van der Waals surface area (Å²) in [6.45, 7) is 0. The highest BCUT2D eigenvalue weighted by atomic mass is 16.6. The Morgan fingerprint density at radius 2 is 1.47 bits per heavy atom. The van der Waals surface area contributed by atoms with E-state index in [1.165, 1.54) is 6.07 Å². The molecule has 0 radical (unpaired) electrons. The quantitative estimate of drug-likeness (QED) is 0.282. The fourth-order valence-electron chi connectivity index (χ4n) is 3.72. The maximum absolute atomic E-state index is 11.2. The molecule has 5 heteroatoms. The van der Waals surface area contributed by atoms with E-state index >= 15 is 0 Å². The molecule has 0 saturated carbocycles. The number of nitrogens with zero attached hydrogens (tertiary/aromatic N) is 2. The van der Waals surface area contributed by atoms with Gasteiger partial charge < -0.3 is 4.98 Å². The van der Waals surface area contributed by atoms with Crippen molar-refractivity contribution in [2.75, 3.05) is 0 Å². The predicted octanol–water partition coefficient (Wildman–Crippen LogP) is 6.47. The predicted molar refractivity (Wildman–Crippen MR) is 119 cm³/mol. The van der Waals surface area contributed by atoms with Gasteiger partial charge in [0, 0.05) is 28.8 Å². The zero-order valence-corrected chi connectivity index (χ0v) is 15.9. The highest BCUT2D eigenvalue weighted by Gasteiger charge is 2.18. The van der Waals surface area contributed by atoms with Crippen LogP contribution in [0, 0.1) is 10.1 Å². The monoisotopic (exact) mass is 391 g/mol. The fourth-order valence-corrected chi connectivity index (χ4v) is 3.72. The van der Waals surface area contributed by atoms with Crippen molar-refractivity contribution in [1.82, 2.24) is 9.97 Å². The van der Waals surface area contributed by atoms with Crippen LogP contribution in [0.2, 0.25) is 0 Å². The number of H-pyrrole nitrogens is 1. The van der Waals surface area contributed by atoms with Gasteiger partial charge in [0.25, 0.3) is 5.69 Å². The Labute approximate surface area is 172 Å².